The number of hydrogen-bond donors (Lipinski definition) is 1. The van der Waals surface area contributed by atoms with Crippen LogP contribution >= 0.6 is 0 Å². The van der Waals surface area contributed by atoms with Gasteiger partial charge in [-0.25, -0.2) is 0 Å². The highest BCUT2D eigenvalue weighted by Crippen LogP contribution is 2.38. The quantitative estimate of drug-likeness (QED) is 0.647. The van der Waals surface area contributed by atoms with E-state index < -0.39 is 6.04 Å². The molecular formula is C24H28N2O3. The molecule has 0 radical (unpaired) electrons. The molecule has 0 saturated heterocycles. The summed E-state index contributed by atoms with van der Waals surface area (Å²) in [6.45, 7) is 8.06. The van der Waals surface area contributed by atoms with Crippen molar-refractivity contribution in [2.45, 2.75) is 45.7 Å². The van der Waals surface area contributed by atoms with Crippen molar-refractivity contribution in [1.82, 2.24) is 5.32 Å². The van der Waals surface area contributed by atoms with Crippen LogP contribution in [0.5, 0.6) is 5.75 Å². The molecule has 5 heteroatoms. The van der Waals surface area contributed by atoms with Gasteiger partial charge in [0.25, 0.3) is 5.91 Å². The first-order valence-corrected chi connectivity index (χ1v) is 10.1. The maximum atomic E-state index is 13.2. The number of unbranched alkanes of at least 4 members (excludes halogenated alkanes) is 1. The zero-order chi connectivity index (χ0) is 20.8. The lowest BCUT2D eigenvalue weighted by Gasteiger charge is -2.20. The normalized spacial score (nSPS) is 15.2. The second-order valence-electron chi connectivity index (χ2n) is 7.26. The first-order chi connectivity index (χ1) is 14.0. The van der Waals surface area contributed by atoms with Crippen LogP contribution in [0.1, 0.15) is 49.4 Å². The first-order valence-electron chi connectivity index (χ1n) is 10.1. The molecule has 5 nitrogen and oxygen atoms in total. The van der Waals surface area contributed by atoms with Crippen molar-refractivity contribution >= 4 is 17.5 Å². The summed E-state index contributed by atoms with van der Waals surface area (Å²) in [4.78, 5) is 26.7. The highest BCUT2D eigenvalue weighted by molar-refractivity contribution is 6.06. The summed E-state index contributed by atoms with van der Waals surface area (Å²) in [5.41, 5.74) is 3.80. The summed E-state index contributed by atoms with van der Waals surface area (Å²) in [6.07, 6.45) is 4.86. The van der Waals surface area contributed by atoms with Gasteiger partial charge in [-0.05, 0) is 30.5 Å². The van der Waals surface area contributed by atoms with Crippen LogP contribution in [-0.2, 0) is 22.6 Å². The van der Waals surface area contributed by atoms with E-state index in [1.807, 2.05) is 30.3 Å². The molecule has 0 unspecified atom stereocenters. The summed E-state index contributed by atoms with van der Waals surface area (Å²) < 4.78 is 5.75. The van der Waals surface area contributed by atoms with E-state index in [1.54, 1.807) is 11.0 Å². The van der Waals surface area contributed by atoms with Crippen LogP contribution in [0.4, 0.5) is 5.69 Å². The van der Waals surface area contributed by atoms with E-state index in [4.69, 9.17) is 4.74 Å². The van der Waals surface area contributed by atoms with Crippen molar-refractivity contribution < 1.29 is 14.3 Å². The highest BCUT2D eigenvalue weighted by atomic mass is 16.5. The third kappa shape index (κ3) is 4.67. The Labute approximate surface area is 172 Å². The molecule has 2 aromatic rings. The predicted molar refractivity (Wildman–Crippen MR) is 115 cm³/mol. The number of hydrogen-bond acceptors (Lipinski definition) is 3. The van der Waals surface area contributed by atoms with Gasteiger partial charge in [0.15, 0.2) is 0 Å². The van der Waals surface area contributed by atoms with Crippen LogP contribution in [0.3, 0.4) is 0 Å². The molecule has 0 aliphatic carbocycles. The molecule has 1 aliphatic rings. The van der Waals surface area contributed by atoms with Crippen LogP contribution in [0.15, 0.2) is 55.1 Å². The molecule has 29 heavy (non-hydrogen) atoms. The molecule has 1 heterocycles. The zero-order valence-electron chi connectivity index (χ0n) is 17.1. The molecule has 2 aromatic carbocycles. The van der Waals surface area contributed by atoms with Gasteiger partial charge in [0.1, 0.15) is 18.4 Å². The first kappa shape index (κ1) is 20.6. The van der Waals surface area contributed by atoms with Gasteiger partial charge < -0.3 is 15.0 Å². The molecule has 0 fully saturated rings. The summed E-state index contributed by atoms with van der Waals surface area (Å²) in [7, 11) is 0. The molecule has 1 aliphatic heterocycles. The van der Waals surface area contributed by atoms with Crippen LogP contribution < -0.4 is 15.0 Å². The van der Waals surface area contributed by atoms with Crippen molar-refractivity contribution in [3.8, 4) is 5.75 Å². The zero-order valence-corrected chi connectivity index (χ0v) is 17.1. The number of para-hydroxylation sites is 1. The SMILES string of the molecule is C=CCOc1ccccc1CN1C(=O)[C@@H](NC(C)=O)c2cc(CCCC)ccc21. The summed E-state index contributed by atoms with van der Waals surface area (Å²) in [5.74, 6) is 0.385. The Kier molecular flexibility index (Phi) is 6.70. The molecule has 3 rings (SSSR count). The van der Waals surface area contributed by atoms with Crippen molar-refractivity contribution in [2.24, 2.45) is 0 Å². The largest absolute Gasteiger partial charge is 0.489 e. The summed E-state index contributed by atoms with van der Waals surface area (Å²) in [6, 6.07) is 13.2. The molecule has 152 valence electrons. The fraction of sp³-hybridized carbons (Fsp3) is 0.333. The number of fused-ring (bicyclic) bond motifs is 1. The topological polar surface area (TPSA) is 58.6 Å². The fourth-order valence-corrected chi connectivity index (χ4v) is 3.63. The lowest BCUT2D eigenvalue weighted by Crippen LogP contribution is -2.36. The number of rotatable bonds is 9. The number of carbonyl (C=O) groups excluding carboxylic acids is 2. The van der Waals surface area contributed by atoms with E-state index in [9.17, 15) is 9.59 Å². The second-order valence-corrected chi connectivity index (χ2v) is 7.26. The number of benzene rings is 2. The van der Waals surface area contributed by atoms with Crippen molar-refractivity contribution in [1.29, 1.82) is 0 Å². The molecule has 0 saturated carbocycles. The van der Waals surface area contributed by atoms with Gasteiger partial charge >= 0.3 is 0 Å². The molecule has 1 N–H and O–H groups in total. The Hall–Kier alpha value is -3.08. The number of nitrogens with one attached hydrogen (secondary N) is 1. The van der Waals surface area contributed by atoms with Crippen LogP contribution in [0, 0.1) is 0 Å². The summed E-state index contributed by atoms with van der Waals surface area (Å²) >= 11 is 0. The second kappa shape index (κ2) is 9.41. The number of amides is 2. The number of nitrogens with zero attached hydrogens (tertiary/aromatic N) is 1. The average Bonchev–Trinajstić information content (AvgIpc) is 2.96. The Bertz CT molecular complexity index is 907. The molecule has 2 amide bonds. The van der Waals surface area contributed by atoms with Gasteiger partial charge in [-0.15, -0.1) is 0 Å². The minimum absolute atomic E-state index is 0.124. The number of carbonyl (C=O) groups is 2. The maximum absolute atomic E-state index is 13.2. The van der Waals surface area contributed by atoms with E-state index in [2.05, 4.69) is 31.0 Å². The fourth-order valence-electron chi connectivity index (χ4n) is 3.63. The monoisotopic (exact) mass is 392 g/mol. The van der Waals surface area contributed by atoms with E-state index in [0.717, 1.165) is 41.8 Å². The van der Waals surface area contributed by atoms with Gasteiger partial charge in [0.05, 0.1) is 6.54 Å². The number of anilines is 1. The Morgan fingerprint density at radius 2 is 2.07 bits per heavy atom. The Morgan fingerprint density at radius 1 is 1.28 bits per heavy atom. The predicted octanol–water partition coefficient (Wildman–Crippen LogP) is 4.32. The summed E-state index contributed by atoms with van der Waals surface area (Å²) in [5, 5.41) is 2.82. The lowest BCUT2D eigenvalue weighted by atomic mass is 10.0. The van der Waals surface area contributed by atoms with Crippen molar-refractivity contribution in [3.05, 3.63) is 71.8 Å². The van der Waals surface area contributed by atoms with Gasteiger partial charge in [0, 0.05) is 23.7 Å². The van der Waals surface area contributed by atoms with E-state index >= 15 is 0 Å². The average molecular weight is 392 g/mol. The van der Waals surface area contributed by atoms with E-state index in [0.29, 0.717) is 13.2 Å². The third-order valence-electron chi connectivity index (χ3n) is 5.03. The Balaban J connectivity index is 1.94. The van der Waals surface area contributed by atoms with Gasteiger partial charge in [-0.1, -0.05) is 56.3 Å². The molecular weight excluding hydrogens is 364 g/mol. The standard InChI is InChI=1S/C24H28N2O3/c1-4-6-9-18-12-13-21-20(15-18)23(25-17(3)27)24(28)26(21)16-19-10-7-8-11-22(19)29-14-5-2/h5,7-8,10-13,15,23H,2,4,6,9,14,16H2,1,3H3,(H,25,27)/t23-/m0/s1. The van der Waals surface area contributed by atoms with Crippen LogP contribution in [0.25, 0.3) is 0 Å². The van der Waals surface area contributed by atoms with Crippen LogP contribution in [0.2, 0.25) is 0 Å². The molecule has 0 bridgehead atoms. The van der Waals surface area contributed by atoms with Gasteiger partial charge in [0.2, 0.25) is 5.91 Å². The van der Waals surface area contributed by atoms with Crippen LogP contribution in [-0.4, -0.2) is 18.4 Å². The minimum Gasteiger partial charge on any atom is -0.489 e. The van der Waals surface area contributed by atoms with Crippen molar-refractivity contribution in [3.63, 3.8) is 0 Å². The molecule has 0 aromatic heterocycles. The van der Waals surface area contributed by atoms with Gasteiger partial charge in [-0.3, -0.25) is 9.59 Å². The smallest absolute Gasteiger partial charge is 0.254 e. The van der Waals surface area contributed by atoms with Gasteiger partial charge in [-0.2, -0.15) is 0 Å². The maximum Gasteiger partial charge on any atom is 0.254 e. The van der Waals surface area contributed by atoms with E-state index in [-0.39, 0.29) is 11.8 Å². The van der Waals surface area contributed by atoms with Crippen molar-refractivity contribution in [2.75, 3.05) is 11.5 Å². The minimum atomic E-state index is -0.648. The number of ether oxygens (including phenoxy) is 1. The highest BCUT2D eigenvalue weighted by Gasteiger charge is 2.38. The van der Waals surface area contributed by atoms with E-state index in [1.165, 1.54) is 12.5 Å². The molecule has 1 atom stereocenters. The number of aryl methyl sites for hydroxylation is 1. The lowest BCUT2D eigenvalue weighted by molar-refractivity contribution is -0.126. The molecule has 0 spiro atoms. The Morgan fingerprint density at radius 3 is 2.79 bits per heavy atom. The third-order valence-corrected chi connectivity index (χ3v) is 5.03.